The van der Waals surface area contributed by atoms with Gasteiger partial charge in [-0.3, -0.25) is 4.79 Å². The quantitative estimate of drug-likeness (QED) is 0.650. The number of rotatable bonds is 7. The molecule has 0 spiro atoms. The fourth-order valence-corrected chi connectivity index (χ4v) is 5.96. The minimum Gasteiger partial charge on any atom is -0.375 e. The molecule has 4 rings (SSSR count). The van der Waals surface area contributed by atoms with Crippen molar-refractivity contribution in [3.05, 3.63) is 71.8 Å². The molecule has 166 valence electrons. The Morgan fingerprint density at radius 3 is 2.23 bits per heavy atom. The Kier molecular flexibility index (Phi) is 6.81. The summed E-state index contributed by atoms with van der Waals surface area (Å²) in [6, 6.07) is 20.4. The van der Waals surface area contributed by atoms with Crippen LogP contribution in [0.25, 0.3) is 0 Å². The number of aliphatic hydroxyl groups is 1. The van der Waals surface area contributed by atoms with Gasteiger partial charge in [0.25, 0.3) is 5.91 Å². The fraction of sp³-hybridized carbons (Fsp3) is 0.536. The molecule has 1 amide bonds. The van der Waals surface area contributed by atoms with E-state index in [1.807, 2.05) is 35.2 Å². The van der Waals surface area contributed by atoms with Gasteiger partial charge in [0.15, 0.2) is 5.60 Å². The highest BCUT2D eigenvalue weighted by atomic mass is 16.3. The Hall–Kier alpha value is -2.13. The van der Waals surface area contributed by atoms with Gasteiger partial charge in [-0.05, 0) is 54.6 Å². The summed E-state index contributed by atoms with van der Waals surface area (Å²) in [7, 11) is 0. The van der Waals surface area contributed by atoms with Crippen molar-refractivity contribution in [1.29, 1.82) is 0 Å². The maximum absolute atomic E-state index is 13.8. The van der Waals surface area contributed by atoms with Crippen LogP contribution in [0.3, 0.4) is 0 Å². The largest absolute Gasteiger partial charge is 0.375 e. The molecule has 3 heteroatoms. The van der Waals surface area contributed by atoms with Crippen molar-refractivity contribution >= 4 is 5.91 Å². The van der Waals surface area contributed by atoms with Gasteiger partial charge in [0.1, 0.15) is 0 Å². The third kappa shape index (κ3) is 4.57. The van der Waals surface area contributed by atoms with E-state index in [1.165, 1.54) is 5.56 Å². The zero-order valence-electron chi connectivity index (χ0n) is 19.0. The molecular weight excluding hydrogens is 382 g/mol. The minimum atomic E-state index is -1.39. The highest BCUT2D eigenvalue weighted by Gasteiger charge is 2.49. The third-order valence-corrected chi connectivity index (χ3v) is 7.77. The van der Waals surface area contributed by atoms with E-state index in [1.54, 1.807) is 0 Å². The zero-order chi connectivity index (χ0) is 21.8. The van der Waals surface area contributed by atoms with Crippen molar-refractivity contribution in [2.24, 2.45) is 23.7 Å². The number of likely N-dealkylation sites (tertiary alicyclic amines) is 1. The van der Waals surface area contributed by atoms with Crippen molar-refractivity contribution in [3.63, 3.8) is 0 Å². The van der Waals surface area contributed by atoms with Crippen LogP contribution in [0.15, 0.2) is 60.7 Å². The van der Waals surface area contributed by atoms with Crippen molar-refractivity contribution in [2.75, 3.05) is 13.1 Å². The minimum absolute atomic E-state index is 0.0201. The standard InChI is InChI=1S/C28H37NO2/c1-21(2)26(19-22-11-5-3-6-12-22)23-17-18-29(20-23)27(30)28(31,25-15-9-10-16-25)24-13-7-4-8-14-24/h3-8,11-14,21,23,25-26,31H,9-10,15-20H2,1-2H3/t23?,26?,28-/m0/s1. The van der Waals surface area contributed by atoms with E-state index >= 15 is 0 Å². The van der Waals surface area contributed by atoms with Crippen molar-refractivity contribution in [3.8, 4) is 0 Å². The number of carbonyl (C=O) groups excluding carboxylic acids is 1. The lowest BCUT2D eigenvalue weighted by atomic mass is 9.78. The van der Waals surface area contributed by atoms with Crippen LogP contribution in [0.2, 0.25) is 0 Å². The number of benzene rings is 2. The Bertz CT molecular complexity index is 844. The van der Waals surface area contributed by atoms with Crippen LogP contribution in [0.1, 0.15) is 57.1 Å². The molecule has 31 heavy (non-hydrogen) atoms. The molecule has 2 fully saturated rings. The second-order valence-electron chi connectivity index (χ2n) is 10.0. The molecule has 1 aliphatic heterocycles. The average molecular weight is 420 g/mol. The van der Waals surface area contributed by atoms with Gasteiger partial charge in [-0.25, -0.2) is 0 Å². The molecule has 2 unspecified atom stereocenters. The molecule has 0 radical (unpaired) electrons. The smallest absolute Gasteiger partial charge is 0.259 e. The van der Waals surface area contributed by atoms with Gasteiger partial charge in [0.05, 0.1) is 0 Å². The van der Waals surface area contributed by atoms with Crippen molar-refractivity contribution in [2.45, 2.75) is 58.0 Å². The van der Waals surface area contributed by atoms with Crippen LogP contribution in [0.5, 0.6) is 0 Å². The maximum Gasteiger partial charge on any atom is 0.259 e. The molecule has 1 saturated heterocycles. The van der Waals surface area contributed by atoms with Gasteiger partial charge in [0, 0.05) is 19.0 Å². The lowest BCUT2D eigenvalue weighted by molar-refractivity contribution is -0.158. The predicted octanol–water partition coefficient (Wildman–Crippen LogP) is 5.43. The first-order valence-electron chi connectivity index (χ1n) is 12.1. The highest BCUT2D eigenvalue weighted by Crippen LogP contribution is 2.43. The molecule has 3 nitrogen and oxygen atoms in total. The summed E-state index contributed by atoms with van der Waals surface area (Å²) < 4.78 is 0. The maximum atomic E-state index is 13.8. The second kappa shape index (κ2) is 9.56. The van der Waals surface area contributed by atoms with Crippen LogP contribution in [-0.2, 0) is 16.8 Å². The molecule has 3 atom stereocenters. The van der Waals surface area contributed by atoms with Gasteiger partial charge in [-0.15, -0.1) is 0 Å². The predicted molar refractivity (Wildman–Crippen MR) is 125 cm³/mol. The van der Waals surface area contributed by atoms with Crippen molar-refractivity contribution < 1.29 is 9.90 Å². The SMILES string of the molecule is CC(C)C(Cc1ccccc1)C1CCN(C(=O)[C@](O)(c2ccccc2)C2CCCC2)C1. The molecular formula is C28H37NO2. The van der Waals surface area contributed by atoms with Crippen LogP contribution >= 0.6 is 0 Å². The second-order valence-corrected chi connectivity index (χ2v) is 10.0. The van der Waals surface area contributed by atoms with Gasteiger partial charge >= 0.3 is 0 Å². The normalized spacial score (nSPS) is 22.6. The highest BCUT2D eigenvalue weighted by molar-refractivity contribution is 5.87. The molecule has 0 bridgehead atoms. The summed E-state index contributed by atoms with van der Waals surface area (Å²) in [5, 5.41) is 11.9. The molecule has 1 aliphatic carbocycles. The topological polar surface area (TPSA) is 40.5 Å². The first-order valence-corrected chi connectivity index (χ1v) is 12.1. The molecule has 2 aliphatic rings. The summed E-state index contributed by atoms with van der Waals surface area (Å²) in [5.74, 6) is 1.52. The van der Waals surface area contributed by atoms with Gasteiger partial charge in [0.2, 0.25) is 0 Å². The lowest BCUT2D eigenvalue weighted by Crippen LogP contribution is -2.50. The molecule has 2 aromatic rings. The summed E-state index contributed by atoms with van der Waals surface area (Å²) in [6.45, 7) is 6.12. The van der Waals surface area contributed by atoms with E-state index in [4.69, 9.17) is 0 Å². The van der Waals surface area contributed by atoms with E-state index in [9.17, 15) is 9.90 Å². The fourth-order valence-electron chi connectivity index (χ4n) is 5.96. The Labute approximate surface area is 187 Å². The van der Waals surface area contributed by atoms with Crippen LogP contribution < -0.4 is 0 Å². The van der Waals surface area contributed by atoms with E-state index in [0.29, 0.717) is 17.8 Å². The molecule has 2 aromatic carbocycles. The molecule has 1 saturated carbocycles. The van der Waals surface area contributed by atoms with Crippen LogP contribution in [0, 0.1) is 23.7 Å². The van der Waals surface area contributed by atoms with E-state index < -0.39 is 5.60 Å². The monoisotopic (exact) mass is 419 g/mol. The summed E-state index contributed by atoms with van der Waals surface area (Å²) >= 11 is 0. The number of amides is 1. The number of carbonyl (C=O) groups is 1. The number of hydrogen-bond donors (Lipinski definition) is 1. The van der Waals surface area contributed by atoms with Gasteiger partial charge in [-0.1, -0.05) is 87.4 Å². The first-order chi connectivity index (χ1) is 15.0. The number of hydrogen-bond acceptors (Lipinski definition) is 2. The Morgan fingerprint density at radius 1 is 1.00 bits per heavy atom. The van der Waals surface area contributed by atoms with Crippen LogP contribution in [-0.4, -0.2) is 29.0 Å². The zero-order valence-corrected chi connectivity index (χ0v) is 19.0. The Balaban J connectivity index is 1.53. The average Bonchev–Trinajstić information content (AvgIpc) is 3.50. The molecule has 1 heterocycles. The first kappa shape index (κ1) is 22.1. The van der Waals surface area contributed by atoms with Gasteiger partial charge < -0.3 is 10.0 Å². The summed E-state index contributed by atoms with van der Waals surface area (Å²) in [4.78, 5) is 15.8. The van der Waals surface area contributed by atoms with Crippen molar-refractivity contribution in [1.82, 2.24) is 4.90 Å². The van der Waals surface area contributed by atoms with E-state index in [0.717, 1.165) is 57.2 Å². The van der Waals surface area contributed by atoms with E-state index in [2.05, 4.69) is 44.2 Å². The molecule has 0 aromatic heterocycles. The lowest BCUT2D eigenvalue weighted by Gasteiger charge is -2.37. The van der Waals surface area contributed by atoms with Gasteiger partial charge in [-0.2, -0.15) is 0 Å². The Morgan fingerprint density at radius 2 is 1.61 bits per heavy atom. The summed E-state index contributed by atoms with van der Waals surface area (Å²) in [6.07, 6.45) is 6.13. The third-order valence-electron chi connectivity index (χ3n) is 7.77. The number of nitrogens with zero attached hydrogens (tertiary/aromatic N) is 1. The summed E-state index contributed by atoms with van der Waals surface area (Å²) in [5.41, 5.74) is 0.747. The van der Waals surface area contributed by atoms with E-state index in [-0.39, 0.29) is 11.8 Å². The molecule has 1 N–H and O–H groups in total. The van der Waals surface area contributed by atoms with Crippen LogP contribution in [0.4, 0.5) is 0 Å².